The van der Waals surface area contributed by atoms with E-state index in [1.807, 2.05) is 6.07 Å². The van der Waals surface area contributed by atoms with E-state index in [1.165, 1.54) is 12.1 Å². The Morgan fingerprint density at radius 1 is 1.28 bits per heavy atom. The molecule has 0 atom stereocenters. The van der Waals surface area contributed by atoms with Gasteiger partial charge in [0.2, 0.25) is 0 Å². The van der Waals surface area contributed by atoms with E-state index >= 15 is 0 Å². The number of ether oxygens (including phenoxy) is 1. The number of guanidine groups is 1. The van der Waals surface area contributed by atoms with Gasteiger partial charge in [0.25, 0.3) is 0 Å². The summed E-state index contributed by atoms with van der Waals surface area (Å²) in [5, 5.41) is 10.4. The number of nitrogens with one attached hydrogen (secondary N) is 2. The monoisotopic (exact) mass is 348 g/mol. The molecule has 136 valence electrons. The fourth-order valence-corrected chi connectivity index (χ4v) is 2.08. The Morgan fingerprint density at radius 3 is 2.68 bits per heavy atom. The average Bonchev–Trinajstić information content (AvgIpc) is 3.08. The van der Waals surface area contributed by atoms with Gasteiger partial charge in [-0.05, 0) is 36.6 Å². The third kappa shape index (κ3) is 6.45. The van der Waals surface area contributed by atoms with Crippen LogP contribution in [0.4, 0.5) is 4.39 Å². The molecule has 0 saturated heterocycles. The van der Waals surface area contributed by atoms with Crippen molar-refractivity contribution in [2.45, 2.75) is 32.7 Å². The lowest BCUT2D eigenvalue weighted by Crippen LogP contribution is -2.37. The zero-order chi connectivity index (χ0) is 18.1. The van der Waals surface area contributed by atoms with Crippen LogP contribution in [0.15, 0.2) is 39.8 Å². The van der Waals surface area contributed by atoms with E-state index in [9.17, 15) is 4.39 Å². The molecule has 1 aromatic carbocycles. The quantitative estimate of drug-likeness (QED) is 0.436. The molecule has 0 aliphatic rings. The van der Waals surface area contributed by atoms with Gasteiger partial charge < -0.3 is 19.9 Å². The van der Waals surface area contributed by atoms with Crippen LogP contribution in [-0.2, 0) is 6.54 Å². The Hall–Kier alpha value is -2.57. The van der Waals surface area contributed by atoms with E-state index in [2.05, 4.69) is 34.6 Å². The summed E-state index contributed by atoms with van der Waals surface area (Å²) >= 11 is 0. The van der Waals surface area contributed by atoms with Crippen LogP contribution in [-0.4, -0.2) is 31.3 Å². The highest BCUT2D eigenvalue weighted by Crippen LogP contribution is 2.13. The second-order valence-electron chi connectivity index (χ2n) is 5.88. The third-order valence-corrected chi connectivity index (χ3v) is 3.52. The van der Waals surface area contributed by atoms with Gasteiger partial charge in [-0.2, -0.15) is 0 Å². The number of halogens is 1. The molecule has 0 saturated carbocycles. The molecule has 2 aromatic rings. The number of benzene rings is 1. The van der Waals surface area contributed by atoms with Gasteiger partial charge in [-0.1, -0.05) is 19.0 Å². The molecule has 25 heavy (non-hydrogen) atoms. The van der Waals surface area contributed by atoms with E-state index in [1.54, 1.807) is 19.2 Å². The van der Waals surface area contributed by atoms with Crippen LogP contribution < -0.4 is 15.4 Å². The van der Waals surface area contributed by atoms with Crippen LogP contribution in [0.25, 0.3) is 0 Å². The predicted octanol–water partition coefficient (Wildman–Crippen LogP) is 3.07. The van der Waals surface area contributed by atoms with Crippen LogP contribution >= 0.6 is 0 Å². The lowest BCUT2D eigenvalue weighted by Gasteiger charge is -2.11. The van der Waals surface area contributed by atoms with Crippen molar-refractivity contribution in [1.29, 1.82) is 0 Å². The molecule has 2 rings (SSSR count). The number of hydrogen-bond acceptors (Lipinski definition) is 4. The highest BCUT2D eigenvalue weighted by Gasteiger charge is 2.08. The zero-order valence-electron chi connectivity index (χ0n) is 14.9. The molecule has 0 bridgehead atoms. The molecule has 2 N–H and O–H groups in total. The smallest absolute Gasteiger partial charge is 0.191 e. The minimum atomic E-state index is -0.267. The second-order valence-corrected chi connectivity index (χ2v) is 5.88. The Kier molecular flexibility index (Phi) is 7.25. The predicted molar refractivity (Wildman–Crippen MR) is 95.3 cm³/mol. The summed E-state index contributed by atoms with van der Waals surface area (Å²) in [7, 11) is 1.71. The number of nitrogens with zero attached hydrogens (tertiary/aromatic N) is 2. The Bertz CT molecular complexity index is 668. The number of aromatic nitrogens is 1. The minimum absolute atomic E-state index is 0.267. The van der Waals surface area contributed by atoms with Gasteiger partial charge in [0.1, 0.15) is 11.6 Å². The highest BCUT2D eigenvalue weighted by molar-refractivity contribution is 5.79. The van der Waals surface area contributed by atoms with Crippen molar-refractivity contribution in [3.05, 3.63) is 47.6 Å². The average molecular weight is 348 g/mol. The minimum Gasteiger partial charge on any atom is -0.494 e. The molecular weight excluding hydrogens is 323 g/mol. The van der Waals surface area contributed by atoms with Crippen molar-refractivity contribution in [2.75, 3.05) is 20.2 Å². The standard InChI is InChI=1S/C18H25FN4O2/c1-13(2)17-11-16(25-23-17)12-22-18(20-3)21-9-4-10-24-15-7-5-14(19)6-8-15/h5-8,11,13H,4,9-10,12H2,1-3H3,(H2,20,21,22). The maximum Gasteiger partial charge on any atom is 0.191 e. The first kappa shape index (κ1) is 18.8. The van der Waals surface area contributed by atoms with Gasteiger partial charge in [0.15, 0.2) is 11.7 Å². The molecule has 6 nitrogen and oxygen atoms in total. The maximum atomic E-state index is 12.8. The van der Waals surface area contributed by atoms with Gasteiger partial charge >= 0.3 is 0 Å². The maximum absolute atomic E-state index is 12.8. The Balaban J connectivity index is 1.63. The Morgan fingerprint density at radius 2 is 2.04 bits per heavy atom. The van der Waals surface area contributed by atoms with Gasteiger partial charge in [0.05, 0.1) is 18.8 Å². The molecule has 0 spiro atoms. The molecule has 0 unspecified atom stereocenters. The Labute approximate surface area is 147 Å². The van der Waals surface area contributed by atoms with Crippen LogP contribution in [0, 0.1) is 5.82 Å². The van der Waals surface area contributed by atoms with Gasteiger partial charge in [-0.15, -0.1) is 0 Å². The van der Waals surface area contributed by atoms with Crippen LogP contribution in [0.2, 0.25) is 0 Å². The van der Waals surface area contributed by atoms with E-state index in [0.717, 1.165) is 17.9 Å². The van der Waals surface area contributed by atoms with Crippen LogP contribution in [0.1, 0.15) is 37.6 Å². The highest BCUT2D eigenvalue weighted by atomic mass is 19.1. The summed E-state index contributed by atoms with van der Waals surface area (Å²) < 4.78 is 23.6. The lowest BCUT2D eigenvalue weighted by molar-refractivity contribution is 0.310. The molecule has 0 amide bonds. The summed E-state index contributed by atoms with van der Waals surface area (Å²) in [5.74, 6) is 2.19. The zero-order valence-corrected chi connectivity index (χ0v) is 14.9. The normalized spacial score (nSPS) is 11.6. The summed E-state index contributed by atoms with van der Waals surface area (Å²) in [6, 6.07) is 7.95. The van der Waals surface area contributed by atoms with Gasteiger partial charge in [-0.3, -0.25) is 4.99 Å². The van der Waals surface area contributed by atoms with Gasteiger partial charge in [0, 0.05) is 19.7 Å². The third-order valence-electron chi connectivity index (χ3n) is 3.52. The van der Waals surface area contributed by atoms with Gasteiger partial charge in [-0.25, -0.2) is 4.39 Å². The first-order chi connectivity index (χ1) is 12.1. The molecule has 7 heteroatoms. The second kappa shape index (κ2) is 9.66. The summed E-state index contributed by atoms with van der Waals surface area (Å²) in [5.41, 5.74) is 0.942. The van der Waals surface area contributed by atoms with E-state index in [4.69, 9.17) is 9.26 Å². The molecule has 1 heterocycles. The summed E-state index contributed by atoms with van der Waals surface area (Å²) in [4.78, 5) is 4.16. The largest absolute Gasteiger partial charge is 0.494 e. The molecule has 0 radical (unpaired) electrons. The molecule has 0 fully saturated rings. The molecule has 0 aliphatic carbocycles. The number of aliphatic imine (C=N–C) groups is 1. The first-order valence-electron chi connectivity index (χ1n) is 8.37. The van der Waals surface area contributed by atoms with Crippen molar-refractivity contribution in [3.63, 3.8) is 0 Å². The number of rotatable bonds is 8. The first-order valence-corrected chi connectivity index (χ1v) is 8.37. The van der Waals surface area contributed by atoms with E-state index < -0.39 is 0 Å². The summed E-state index contributed by atoms with van der Waals surface area (Å²) in [6.07, 6.45) is 0.790. The molecular formula is C18H25FN4O2. The fraction of sp³-hybridized carbons (Fsp3) is 0.444. The topological polar surface area (TPSA) is 71.7 Å². The SMILES string of the molecule is CN=C(NCCCOc1ccc(F)cc1)NCc1cc(C(C)C)no1. The van der Waals surface area contributed by atoms with Crippen LogP contribution in [0.5, 0.6) is 5.75 Å². The lowest BCUT2D eigenvalue weighted by atomic mass is 10.1. The van der Waals surface area contributed by atoms with E-state index in [-0.39, 0.29) is 5.82 Å². The van der Waals surface area contributed by atoms with Crippen molar-refractivity contribution in [3.8, 4) is 5.75 Å². The van der Waals surface area contributed by atoms with Crippen LogP contribution in [0.3, 0.4) is 0 Å². The fourth-order valence-electron chi connectivity index (χ4n) is 2.08. The van der Waals surface area contributed by atoms with Crippen molar-refractivity contribution < 1.29 is 13.7 Å². The van der Waals surface area contributed by atoms with Crippen molar-refractivity contribution in [1.82, 2.24) is 15.8 Å². The van der Waals surface area contributed by atoms with Crippen molar-refractivity contribution in [2.24, 2.45) is 4.99 Å². The van der Waals surface area contributed by atoms with Crippen molar-refractivity contribution >= 4 is 5.96 Å². The molecule has 0 aliphatic heterocycles. The molecule has 1 aromatic heterocycles. The number of hydrogen-bond donors (Lipinski definition) is 2. The van der Waals surface area contributed by atoms with E-state index in [0.29, 0.717) is 37.3 Å². The summed E-state index contributed by atoms with van der Waals surface area (Å²) in [6.45, 7) is 5.91.